The van der Waals surface area contributed by atoms with Crippen molar-refractivity contribution in [3.8, 4) is 0 Å². The van der Waals surface area contributed by atoms with Crippen LogP contribution in [0.15, 0.2) is 48.5 Å². The largest absolute Gasteiger partial charge is 0.411 e. The molecule has 0 fully saturated rings. The summed E-state index contributed by atoms with van der Waals surface area (Å²) < 4.78 is 93.4. The number of aliphatic hydroxyl groups is 2. The SMILES string of the molecule is COC(O)c1ccc(C(c2ccc(C(O)OC)cc2)(C(F)(F)F)C(F)(F)F)cc1. The molecule has 0 bridgehead atoms. The normalized spacial score (nSPS) is 15.2. The van der Waals surface area contributed by atoms with Gasteiger partial charge >= 0.3 is 12.4 Å². The molecule has 29 heavy (non-hydrogen) atoms. The van der Waals surface area contributed by atoms with Crippen molar-refractivity contribution in [2.45, 2.75) is 30.3 Å². The van der Waals surface area contributed by atoms with Crippen molar-refractivity contribution >= 4 is 0 Å². The van der Waals surface area contributed by atoms with E-state index in [1.165, 1.54) is 0 Å². The molecular weight excluding hydrogens is 406 g/mol. The van der Waals surface area contributed by atoms with Gasteiger partial charge in [-0.25, -0.2) is 0 Å². The van der Waals surface area contributed by atoms with Crippen LogP contribution in [0.5, 0.6) is 0 Å². The second-order valence-electron chi connectivity index (χ2n) is 6.17. The average Bonchev–Trinajstić information content (AvgIpc) is 2.66. The molecule has 0 aliphatic carbocycles. The zero-order chi connectivity index (χ0) is 22.0. The van der Waals surface area contributed by atoms with Gasteiger partial charge in [-0.15, -0.1) is 0 Å². The van der Waals surface area contributed by atoms with Gasteiger partial charge in [0.05, 0.1) is 0 Å². The Balaban J connectivity index is 2.73. The molecule has 0 saturated carbocycles. The van der Waals surface area contributed by atoms with Crippen LogP contribution in [0.2, 0.25) is 0 Å². The number of benzene rings is 2. The first kappa shape index (κ1) is 23.1. The Morgan fingerprint density at radius 1 is 0.621 bits per heavy atom. The fourth-order valence-electron chi connectivity index (χ4n) is 3.05. The molecule has 0 aliphatic rings. The first-order valence-electron chi connectivity index (χ1n) is 8.16. The molecule has 0 aliphatic heterocycles. The lowest BCUT2D eigenvalue weighted by atomic mass is 9.72. The maximum atomic E-state index is 14.0. The van der Waals surface area contributed by atoms with E-state index >= 15 is 0 Å². The lowest BCUT2D eigenvalue weighted by Crippen LogP contribution is -2.54. The standard InChI is InChI=1S/C19H18F6O4/c1-28-15(26)11-3-7-13(8-4-11)17(18(20,21)22,19(23,24)25)14-9-5-12(6-10-14)16(27)29-2/h3-10,15-16,26-27H,1-2H3. The van der Waals surface area contributed by atoms with Crippen molar-refractivity contribution in [1.29, 1.82) is 0 Å². The van der Waals surface area contributed by atoms with Gasteiger partial charge in [-0.1, -0.05) is 48.5 Å². The van der Waals surface area contributed by atoms with E-state index in [2.05, 4.69) is 9.47 Å². The van der Waals surface area contributed by atoms with Crippen LogP contribution < -0.4 is 0 Å². The molecule has 0 saturated heterocycles. The van der Waals surface area contributed by atoms with Crippen molar-refractivity contribution in [2.75, 3.05) is 14.2 Å². The summed E-state index contributed by atoms with van der Waals surface area (Å²) in [6.07, 6.45) is -14.5. The van der Waals surface area contributed by atoms with Crippen molar-refractivity contribution in [3.63, 3.8) is 0 Å². The van der Waals surface area contributed by atoms with E-state index in [1.54, 1.807) is 0 Å². The van der Waals surface area contributed by atoms with Crippen molar-refractivity contribution in [2.24, 2.45) is 0 Å². The van der Waals surface area contributed by atoms with E-state index < -0.39 is 41.5 Å². The lowest BCUT2D eigenvalue weighted by Gasteiger charge is -2.38. The van der Waals surface area contributed by atoms with Crippen molar-refractivity contribution in [3.05, 3.63) is 70.8 Å². The highest BCUT2D eigenvalue weighted by molar-refractivity contribution is 5.45. The van der Waals surface area contributed by atoms with Gasteiger partial charge in [-0.05, 0) is 11.1 Å². The smallest absolute Gasteiger partial charge is 0.364 e. The Kier molecular flexibility index (Phi) is 6.63. The number of aliphatic hydroxyl groups excluding tert-OH is 2. The zero-order valence-corrected chi connectivity index (χ0v) is 15.3. The van der Waals surface area contributed by atoms with E-state index in [9.17, 15) is 36.6 Å². The van der Waals surface area contributed by atoms with Gasteiger partial charge in [0.25, 0.3) is 0 Å². The van der Waals surface area contributed by atoms with Gasteiger partial charge in [0.1, 0.15) is 0 Å². The molecule has 2 atom stereocenters. The van der Waals surface area contributed by atoms with E-state index in [-0.39, 0.29) is 11.1 Å². The third-order valence-electron chi connectivity index (χ3n) is 4.55. The Bertz CT molecular complexity index is 730. The van der Waals surface area contributed by atoms with Crippen LogP contribution in [0.4, 0.5) is 26.3 Å². The molecule has 2 aromatic rings. The van der Waals surface area contributed by atoms with E-state index in [4.69, 9.17) is 0 Å². The molecule has 2 unspecified atom stereocenters. The predicted molar refractivity (Wildman–Crippen MR) is 89.7 cm³/mol. The zero-order valence-electron chi connectivity index (χ0n) is 15.3. The first-order valence-corrected chi connectivity index (χ1v) is 8.16. The molecule has 0 heterocycles. The van der Waals surface area contributed by atoms with Crippen molar-refractivity contribution in [1.82, 2.24) is 0 Å². The first-order chi connectivity index (χ1) is 13.4. The van der Waals surface area contributed by atoms with Crippen LogP contribution in [-0.4, -0.2) is 36.8 Å². The number of rotatable bonds is 6. The minimum absolute atomic E-state index is 0.00642. The number of halogens is 6. The summed E-state index contributed by atoms with van der Waals surface area (Å²) >= 11 is 0. The van der Waals surface area contributed by atoms with E-state index in [0.29, 0.717) is 24.3 Å². The van der Waals surface area contributed by atoms with Crippen LogP contribution in [0.3, 0.4) is 0 Å². The van der Waals surface area contributed by atoms with Crippen LogP contribution in [-0.2, 0) is 14.9 Å². The summed E-state index contributed by atoms with van der Waals surface area (Å²) in [7, 11) is 2.26. The van der Waals surface area contributed by atoms with Gasteiger partial charge < -0.3 is 19.7 Å². The van der Waals surface area contributed by atoms with Gasteiger partial charge in [0, 0.05) is 25.3 Å². The quantitative estimate of drug-likeness (QED) is 0.534. The summed E-state index contributed by atoms with van der Waals surface area (Å²) in [5.41, 5.74) is -6.50. The van der Waals surface area contributed by atoms with Crippen molar-refractivity contribution < 1.29 is 46.0 Å². The molecular formula is C19H18F6O4. The summed E-state index contributed by atoms with van der Waals surface area (Å²) in [6, 6.07) is 6.31. The molecule has 4 nitrogen and oxygen atoms in total. The molecule has 2 aromatic carbocycles. The maximum absolute atomic E-state index is 14.0. The van der Waals surface area contributed by atoms with E-state index in [0.717, 1.165) is 38.5 Å². The summed E-state index contributed by atoms with van der Waals surface area (Å²) in [5, 5.41) is 19.1. The highest BCUT2D eigenvalue weighted by Gasteiger charge is 2.72. The van der Waals surface area contributed by atoms with Crippen LogP contribution in [0.1, 0.15) is 34.8 Å². The summed E-state index contributed by atoms with van der Waals surface area (Å²) in [4.78, 5) is 0. The molecule has 2 N–H and O–H groups in total. The summed E-state index contributed by atoms with van der Waals surface area (Å²) in [5.74, 6) is 0. The monoisotopic (exact) mass is 424 g/mol. The molecule has 0 radical (unpaired) electrons. The molecule has 0 amide bonds. The third kappa shape index (κ3) is 4.11. The average molecular weight is 424 g/mol. The number of alkyl halides is 6. The highest BCUT2D eigenvalue weighted by Crippen LogP contribution is 2.56. The fourth-order valence-corrected chi connectivity index (χ4v) is 3.05. The minimum atomic E-state index is -5.74. The van der Waals surface area contributed by atoms with Crippen LogP contribution in [0, 0.1) is 0 Å². The second kappa shape index (κ2) is 8.31. The molecule has 10 heteroatoms. The van der Waals surface area contributed by atoms with Crippen LogP contribution in [0.25, 0.3) is 0 Å². The number of ether oxygens (including phenoxy) is 2. The molecule has 0 spiro atoms. The maximum Gasteiger partial charge on any atom is 0.411 e. The predicted octanol–water partition coefficient (Wildman–Crippen LogP) is 4.37. The Morgan fingerprint density at radius 2 is 0.897 bits per heavy atom. The molecule has 2 rings (SSSR count). The third-order valence-corrected chi connectivity index (χ3v) is 4.55. The molecule has 160 valence electrons. The van der Waals surface area contributed by atoms with E-state index in [1.807, 2.05) is 0 Å². The second-order valence-corrected chi connectivity index (χ2v) is 6.17. The van der Waals surface area contributed by atoms with Crippen LogP contribution >= 0.6 is 0 Å². The molecule has 0 aromatic heterocycles. The number of methoxy groups -OCH3 is 2. The number of hydrogen-bond donors (Lipinski definition) is 2. The summed E-state index contributed by atoms with van der Waals surface area (Å²) in [6.45, 7) is 0. The number of hydrogen-bond acceptors (Lipinski definition) is 4. The Hall–Kier alpha value is -2.14. The lowest BCUT2D eigenvalue weighted by molar-refractivity contribution is -0.288. The Morgan fingerprint density at radius 3 is 1.10 bits per heavy atom. The fraction of sp³-hybridized carbons (Fsp3) is 0.368. The topological polar surface area (TPSA) is 58.9 Å². The minimum Gasteiger partial charge on any atom is -0.364 e. The highest BCUT2D eigenvalue weighted by atomic mass is 19.4. The van der Waals surface area contributed by atoms with Gasteiger partial charge in [0.15, 0.2) is 12.6 Å². The van der Waals surface area contributed by atoms with Gasteiger partial charge in [-0.3, -0.25) is 0 Å². The van der Waals surface area contributed by atoms with Gasteiger partial charge in [-0.2, -0.15) is 26.3 Å². The Labute approximate surface area is 162 Å². The van der Waals surface area contributed by atoms with Gasteiger partial charge in [0.2, 0.25) is 5.41 Å².